The summed E-state index contributed by atoms with van der Waals surface area (Å²) in [7, 11) is 1.96. The van der Waals surface area contributed by atoms with Gasteiger partial charge in [0.15, 0.2) is 0 Å². The van der Waals surface area contributed by atoms with E-state index in [1.54, 1.807) is 0 Å². The van der Waals surface area contributed by atoms with Gasteiger partial charge in [-0.1, -0.05) is 32.0 Å². The fourth-order valence-corrected chi connectivity index (χ4v) is 3.47. The number of rotatable bonds is 6. The first-order valence-corrected chi connectivity index (χ1v) is 9.41. The maximum Gasteiger partial charge on any atom is 0.315 e. The van der Waals surface area contributed by atoms with Gasteiger partial charge in [0.05, 0.1) is 12.2 Å². The zero-order chi connectivity index (χ0) is 18.5. The number of carbonyl (C=O) groups excluding carboxylic acids is 1. The van der Waals surface area contributed by atoms with Crippen LogP contribution >= 0.6 is 0 Å². The first-order chi connectivity index (χ1) is 12.5. The van der Waals surface area contributed by atoms with Crippen LogP contribution in [0.15, 0.2) is 36.5 Å². The highest BCUT2D eigenvalue weighted by Gasteiger charge is 2.25. The molecule has 1 heterocycles. The Labute approximate surface area is 155 Å². The van der Waals surface area contributed by atoms with Gasteiger partial charge < -0.3 is 16.0 Å². The van der Waals surface area contributed by atoms with Crippen LogP contribution in [0.4, 0.5) is 10.5 Å². The van der Waals surface area contributed by atoms with Crippen LogP contribution in [0.25, 0.3) is 0 Å². The number of hydrogen-bond acceptors (Lipinski definition) is 3. The second kappa shape index (κ2) is 8.25. The average Bonchev–Trinajstić information content (AvgIpc) is 3.01. The van der Waals surface area contributed by atoms with E-state index in [0.29, 0.717) is 12.5 Å². The summed E-state index contributed by atoms with van der Waals surface area (Å²) in [5, 5.41) is 14.0. The molecule has 2 aromatic rings. The molecule has 0 unspecified atom stereocenters. The molecule has 3 N–H and O–H groups in total. The molecule has 0 fully saturated rings. The first kappa shape index (κ1) is 18.3. The minimum atomic E-state index is -0.118. The second-order valence-electron chi connectivity index (χ2n) is 7.33. The van der Waals surface area contributed by atoms with Crippen LogP contribution < -0.4 is 16.0 Å². The number of amides is 2. The number of hydrogen-bond donors (Lipinski definition) is 3. The molecule has 0 bridgehead atoms. The van der Waals surface area contributed by atoms with Gasteiger partial charge in [0, 0.05) is 36.6 Å². The van der Waals surface area contributed by atoms with E-state index in [9.17, 15) is 4.79 Å². The first-order valence-electron chi connectivity index (χ1n) is 9.41. The Morgan fingerprint density at radius 2 is 2.08 bits per heavy atom. The summed E-state index contributed by atoms with van der Waals surface area (Å²) in [6.45, 7) is 4.89. The highest BCUT2D eigenvalue weighted by Crippen LogP contribution is 2.28. The molecular weight excluding hydrogens is 326 g/mol. The van der Waals surface area contributed by atoms with E-state index in [1.165, 1.54) is 5.69 Å². The number of nitrogens with zero attached hydrogens (tertiary/aromatic N) is 2. The minimum absolute atomic E-state index is 0.0482. The summed E-state index contributed by atoms with van der Waals surface area (Å²) in [4.78, 5) is 12.4. The number of urea groups is 1. The topological polar surface area (TPSA) is 71.0 Å². The molecule has 1 aliphatic rings. The van der Waals surface area contributed by atoms with E-state index in [2.05, 4.69) is 34.9 Å². The predicted octanol–water partition coefficient (Wildman–Crippen LogP) is 3.23. The summed E-state index contributed by atoms with van der Waals surface area (Å²) in [5.74, 6) is 0.398. The van der Waals surface area contributed by atoms with Crippen LogP contribution in [0.1, 0.15) is 44.0 Å². The summed E-state index contributed by atoms with van der Waals surface area (Å²) in [6, 6.07) is 10.2. The molecule has 1 aliphatic carbocycles. The van der Waals surface area contributed by atoms with E-state index < -0.39 is 0 Å². The highest BCUT2D eigenvalue weighted by atomic mass is 16.2. The lowest BCUT2D eigenvalue weighted by molar-refractivity contribution is 0.234. The van der Waals surface area contributed by atoms with Crippen LogP contribution in [0.5, 0.6) is 0 Å². The summed E-state index contributed by atoms with van der Waals surface area (Å²) >= 11 is 0. The molecule has 26 heavy (non-hydrogen) atoms. The predicted molar refractivity (Wildman–Crippen MR) is 104 cm³/mol. The third-order valence-corrected chi connectivity index (χ3v) is 5.09. The van der Waals surface area contributed by atoms with Crippen molar-refractivity contribution in [1.29, 1.82) is 0 Å². The van der Waals surface area contributed by atoms with Gasteiger partial charge in [0.1, 0.15) is 0 Å². The van der Waals surface area contributed by atoms with Gasteiger partial charge in [-0.05, 0) is 37.3 Å². The quantitative estimate of drug-likeness (QED) is 0.745. The Morgan fingerprint density at radius 1 is 1.31 bits per heavy atom. The van der Waals surface area contributed by atoms with Crippen LogP contribution in [0.2, 0.25) is 0 Å². The number of anilines is 1. The van der Waals surface area contributed by atoms with Crippen molar-refractivity contribution in [3.63, 3.8) is 0 Å². The van der Waals surface area contributed by atoms with Crippen molar-refractivity contribution < 1.29 is 4.79 Å². The molecule has 1 aromatic carbocycles. The van der Waals surface area contributed by atoms with Crippen molar-refractivity contribution >= 4 is 11.7 Å². The van der Waals surface area contributed by atoms with Crippen molar-refractivity contribution in [3.8, 4) is 0 Å². The lowest BCUT2D eigenvalue weighted by Crippen LogP contribution is -2.45. The Bertz CT molecular complexity index is 725. The molecule has 140 valence electrons. The van der Waals surface area contributed by atoms with Gasteiger partial charge >= 0.3 is 6.03 Å². The Morgan fingerprint density at radius 3 is 2.81 bits per heavy atom. The number of aryl methyl sites for hydroxylation is 1. The SMILES string of the molecule is CC(C)[C@H](CNC(=O)N[C@@H]1CCCc2c1cnn2C)Nc1ccccc1. The number of nitrogens with one attached hydrogen (secondary N) is 3. The van der Waals surface area contributed by atoms with E-state index in [-0.39, 0.29) is 18.1 Å². The van der Waals surface area contributed by atoms with Crippen molar-refractivity contribution in [3.05, 3.63) is 47.8 Å². The van der Waals surface area contributed by atoms with Gasteiger partial charge in [0.25, 0.3) is 0 Å². The van der Waals surface area contributed by atoms with E-state index in [4.69, 9.17) is 0 Å². The standard InChI is InChI=1S/C20H29N5O/c1-14(2)18(23-15-8-5-4-6-9-15)13-21-20(26)24-17-10-7-11-19-16(17)12-22-25(19)3/h4-6,8-9,12,14,17-18,23H,7,10-11,13H2,1-3H3,(H2,21,24,26)/t17-,18+/m1/s1. The van der Waals surface area contributed by atoms with Crippen molar-refractivity contribution in [2.24, 2.45) is 13.0 Å². The number of para-hydroxylation sites is 1. The monoisotopic (exact) mass is 355 g/mol. The number of carbonyl (C=O) groups is 1. The maximum atomic E-state index is 12.4. The lowest BCUT2D eigenvalue weighted by atomic mass is 9.93. The summed E-state index contributed by atoms with van der Waals surface area (Å²) < 4.78 is 1.92. The van der Waals surface area contributed by atoms with Crippen molar-refractivity contribution in [2.75, 3.05) is 11.9 Å². The minimum Gasteiger partial charge on any atom is -0.380 e. The van der Waals surface area contributed by atoms with Crippen molar-refractivity contribution in [1.82, 2.24) is 20.4 Å². The number of benzene rings is 1. The van der Waals surface area contributed by atoms with Crippen LogP contribution in [-0.2, 0) is 13.5 Å². The largest absolute Gasteiger partial charge is 0.380 e. The zero-order valence-electron chi connectivity index (χ0n) is 15.8. The smallest absolute Gasteiger partial charge is 0.315 e. The zero-order valence-corrected chi connectivity index (χ0v) is 15.8. The Balaban J connectivity index is 1.54. The molecule has 1 aromatic heterocycles. The third-order valence-electron chi connectivity index (χ3n) is 5.09. The van der Waals surface area contributed by atoms with Crippen LogP contribution in [0, 0.1) is 5.92 Å². The van der Waals surface area contributed by atoms with Crippen molar-refractivity contribution in [2.45, 2.75) is 45.2 Å². The second-order valence-corrected chi connectivity index (χ2v) is 7.33. The fourth-order valence-electron chi connectivity index (χ4n) is 3.47. The molecule has 6 nitrogen and oxygen atoms in total. The van der Waals surface area contributed by atoms with Crippen LogP contribution in [-0.4, -0.2) is 28.4 Å². The lowest BCUT2D eigenvalue weighted by Gasteiger charge is -2.26. The van der Waals surface area contributed by atoms with Gasteiger partial charge in [-0.2, -0.15) is 5.10 Å². The molecule has 2 amide bonds. The van der Waals surface area contributed by atoms with Crippen LogP contribution in [0.3, 0.4) is 0 Å². The molecule has 2 atom stereocenters. The normalized spacial score (nSPS) is 17.5. The molecule has 3 rings (SSSR count). The van der Waals surface area contributed by atoms with E-state index in [1.807, 2.05) is 48.3 Å². The fraction of sp³-hybridized carbons (Fsp3) is 0.500. The maximum absolute atomic E-state index is 12.4. The highest BCUT2D eigenvalue weighted by molar-refractivity contribution is 5.74. The molecular formula is C20H29N5O. The molecule has 0 spiro atoms. The molecule has 0 saturated heterocycles. The van der Waals surface area contributed by atoms with E-state index >= 15 is 0 Å². The number of aromatic nitrogens is 2. The number of fused-ring (bicyclic) bond motifs is 1. The Kier molecular flexibility index (Phi) is 5.81. The van der Waals surface area contributed by atoms with Gasteiger partial charge in [-0.25, -0.2) is 4.79 Å². The summed E-state index contributed by atoms with van der Waals surface area (Å²) in [6.07, 6.45) is 4.94. The molecule has 0 aliphatic heterocycles. The molecule has 0 saturated carbocycles. The van der Waals surface area contributed by atoms with Gasteiger partial charge in [-0.15, -0.1) is 0 Å². The summed E-state index contributed by atoms with van der Waals surface area (Å²) in [5.41, 5.74) is 3.45. The van der Waals surface area contributed by atoms with Gasteiger partial charge in [-0.3, -0.25) is 4.68 Å². The van der Waals surface area contributed by atoms with E-state index in [0.717, 1.165) is 30.5 Å². The van der Waals surface area contributed by atoms with Gasteiger partial charge in [0.2, 0.25) is 0 Å². The molecule has 6 heteroatoms. The average molecular weight is 355 g/mol. The Hall–Kier alpha value is -2.50. The third kappa shape index (κ3) is 4.36. The molecule has 0 radical (unpaired) electrons.